The van der Waals surface area contributed by atoms with Gasteiger partial charge in [0, 0.05) is 11.8 Å². The van der Waals surface area contributed by atoms with Crippen LogP contribution in [0.1, 0.15) is 45.0 Å². The molecule has 3 aromatic rings. The van der Waals surface area contributed by atoms with E-state index < -0.39 is 44.7 Å². The maximum Gasteiger partial charge on any atom is 0.433 e. The fraction of sp³-hybridized carbons (Fsp3) is 0.167. The zero-order chi connectivity index (χ0) is 20.6. The summed E-state index contributed by atoms with van der Waals surface area (Å²) >= 11 is 0. The van der Waals surface area contributed by atoms with Crippen molar-refractivity contribution in [2.75, 3.05) is 0 Å². The maximum atomic E-state index is 13.4. The van der Waals surface area contributed by atoms with Gasteiger partial charge in [0.2, 0.25) is 15.8 Å². The molecular weight excluding hydrogens is 409 g/mol. The van der Waals surface area contributed by atoms with Gasteiger partial charge in [-0.3, -0.25) is 14.9 Å². The summed E-state index contributed by atoms with van der Waals surface area (Å²) in [6, 6.07) is 6.35. The number of nitrogens with zero attached hydrogens (tertiary/aromatic N) is 3. The van der Waals surface area contributed by atoms with Gasteiger partial charge in [0.1, 0.15) is 22.3 Å². The summed E-state index contributed by atoms with van der Waals surface area (Å²) in [5.41, 5.74) is 0.604. The predicted octanol–water partition coefficient (Wildman–Crippen LogP) is 2.85. The number of fused-ring (bicyclic) bond motifs is 7. The Morgan fingerprint density at radius 2 is 1.66 bits per heavy atom. The molecule has 2 unspecified atom stereocenters. The molecule has 0 saturated heterocycles. The molecular formula is C18H11F3N4O3S. The number of benzene rings is 1. The smallest absolute Gasteiger partial charge is 0.290 e. The Bertz CT molecular complexity index is 1250. The Morgan fingerprint density at radius 1 is 0.966 bits per heavy atom. The van der Waals surface area contributed by atoms with Crippen LogP contribution in [0.4, 0.5) is 13.2 Å². The Hall–Kier alpha value is -3.05. The number of hydrogen-bond donors (Lipinski definition) is 1. The van der Waals surface area contributed by atoms with E-state index in [-0.39, 0.29) is 5.69 Å². The molecule has 11 heteroatoms. The molecule has 1 N–H and O–H groups in total. The van der Waals surface area contributed by atoms with Crippen molar-refractivity contribution in [1.29, 1.82) is 0 Å². The quantitative estimate of drug-likeness (QED) is 0.688. The molecule has 29 heavy (non-hydrogen) atoms. The van der Waals surface area contributed by atoms with Crippen molar-refractivity contribution in [3.63, 3.8) is 0 Å². The highest BCUT2D eigenvalue weighted by Crippen LogP contribution is 2.53. The fourth-order valence-electron chi connectivity index (χ4n) is 3.93. The first kappa shape index (κ1) is 18.0. The lowest BCUT2D eigenvalue weighted by molar-refractivity contribution is -0.141. The van der Waals surface area contributed by atoms with Crippen LogP contribution >= 0.6 is 0 Å². The first-order valence-corrected chi connectivity index (χ1v) is 9.88. The summed E-state index contributed by atoms with van der Waals surface area (Å²) in [5, 5.41) is 6.49. The summed E-state index contributed by atoms with van der Waals surface area (Å²) < 4.78 is 66.1. The van der Waals surface area contributed by atoms with Crippen LogP contribution in [0.25, 0.3) is 0 Å². The Kier molecular flexibility index (Phi) is 3.56. The van der Waals surface area contributed by atoms with Gasteiger partial charge in [-0.2, -0.15) is 22.6 Å². The van der Waals surface area contributed by atoms with Crippen molar-refractivity contribution in [1.82, 2.24) is 19.5 Å². The topological polar surface area (TPSA) is 96.0 Å². The molecule has 2 aliphatic rings. The number of pyridine rings is 1. The third-order valence-corrected chi connectivity index (χ3v) is 6.97. The lowest BCUT2D eigenvalue weighted by atomic mass is 10.00. The summed E-state index contributed by atoms with van der Waals surface area (Å²) in [4.78, 5) is 15.9. The molecule has 4 heterocycles. The Labute approximate surface area is 162 Å². The lowest BCUT2D eigenvalue weighted by Gasteiger charge is -2.32. The summed E-state index contributed by atoms with van der Waals surface area (Å²) in [6.45, 7) is 0. The van der Waals surface area contributed by atoms with Gasteiger partial charge in [0.15, 0.2) is 0 Å². The average Bonchev–Trinajstić information content (AvgIpc) is 3.28. The third kappa shape index (κ3) is 2.40. The normalized spacial score (nSPS) is 21.1. The first-order chi connectivity index (χ1) is 13.7. The molecule has 0 saturated carbocycles. The van der Waals surface area contributed by atoms with Crippen LogP contribution in [0.3, 0.4) is 0 Å². The zero-order valence-corrected chi connectivity index (χ0v) is 15.2. The molecule has 0 amide bonds. The van der Waals surface area contributed by atoms with Crippen LogP contribution in [0.15, 0.2) is 53.7 Å². The highest BCUT2D eigenvalue weighted by atomic mass is 32.2. The monoisotopic (exact) mass is 420 g/mol. The number of carbonyl (C=O) groups excluding carboxylic acids is 1. The third-order valence-electron chi connectivity index (χ3n) is 5.15. The molecule has 7 nitrogen and oxygen atoms in total. The second-order valence-corrected chi connectivity index (χ2v) is 8.55. The second kappa shape index (κ2) is 5.74. The number of Topliss-reactive ketones (excluding diaryl/α,β-unsaturated/α-hetero) is 1. The number of hydrogen-bond acceptors (Lipinski definition) is 5. The van der Waals surface area contributed by atoms with E-state index in [4.69, 9.17) is 0 Å². The Balaban J connectivity index is 1.68. The van der Waals surface area contributed by atoms with E-state index in [2.05, 4.69) is 15.2 Å². The van der Waals surface area contributed by atoms with Crippen molar-refractivity contribution in [2.45, 2.75) is 23.2 Å². The van der Waals surface area contributed by atoms with E-state index >= 15 is 0 Å². The molecule has 148 valence electrons. The van der Waals surface area contributed by atoms with E-state index in [0.717, 1.165) is 10.4 Å². The number of H-pyrrole nitrogens is 1. The fourth-order valence-corrected chi connectivity index (χ4v) is 5.59. The number of aromatic nitrogens is 3. The standard InChI is InChI=1S/C18H11F3N4O3S/c19-18(20,21)13-6-5-9(7-22-13)29(27,28)25-15-10-3-1-2-4-11(10)16(25)17(26)14-12(15)8-23-24-14/h1-8,15-16H,(H,23,24). The molecule has 2 aromatic heterocycles. The van der Waals surface area contributed by atoms with Crippen molar-refractivity contribution in [3.8, 4) is 0 Å². The van der Waals surface area contributed by atoms with Gasteiger partial charge < -0.3 is 0 Å². The van der Waals surface area contributed by atoms with Crippen LogP contribution < -0.4 is 0 Å². The summed E-state index contributed by atoms with van der Waals surface area (Å²) in [6.07, 6.45) is -2.63. The molecule has 1 aromatic carbocycles. The van der Waals surface area contributed by atoms with Crippen molar-refractivity contribution < 1.29 is 26.4 Å². The van der Waals surface area contributed by atoms with E-state index in [9.17, 15) is 26.4 Å². The van der Waals surface area contributed by atoms with E-state index in [1.807, 2.05) is 0 Å². The highest BCUT2D eigenvalue weighted by molar-refractivity contribution is 7.89. The maximum absolute atomic E-state index is 13.4. The number of halogens is 3. The zero-order valence-electron chi connectivity index (χ0n) is 14.4. The van der Waals surface area contributed by atoms with E-state index in [1.54, 1.807) is 24.3 Å². The Morgan fingerprint density at radius 3 is 2.28 bits per heavy atom. The largest absolute Gasteiger partial charge is 0.433 e. The van der Waals surface area contributed by atoms with Gasteiger partial charge in [-0.15, -0.1) is 0 Å². The summed E-state index contributed by atoms with van der Waals surface area (Å²) in [5.74, 6) is -0.470. The van der Waals surface area contributed by atoms with Gasteiger partial charge in [0.05, 0.1) is 12.2 Å². The van der Waals surface area contributed by atoms with E-state index in [1.165, 1.54) is 6.20 Å². The average molecular weight is 420 g/mol. The highest BCUT2D eigenvalue weighted by Gasteiger charge is 2.55. The minimum Gasteiger partial charge on any atom is -0.290 e. The number of ketones is 1. The second-order valence-electron chi connectivity index (χ2n) is 6.71. The molecule has 2 bridgehead atoms. The van der Waals surface area contributed by atoms with Gasteiger partial charge >= 0.3 is 6.18 Å². The van der Waals surface area contributed by atoms with E-state index in [0.29, 0.717) is 29.0 Å². The molecule has 0 aliphatic carbocycles. The minimum absolute atomic E-state index is 0.230. The number of aromatic amines is 1. The van der Waals surface area contributed by atoms with Crippen LogP contribution in [0.2, 0.25) is 0 Å². The molecule has 0 spiro atoms. The number of alkyl halides is 3. The molecule has 5 rings (SSSR count). The van der Waals surface area contributed by atoms with Crippen LogP contribution in [-0.4, -0.2) is 33.7 Å². The van der Waals surface area contributed by atoms with Crippen molar-refractivity contribution in [2.24, 2.45) is 0 Å². The van der Waals surface area contributed by atoms with Gasteiger partial charge in [-0.05, 0) is 23.3 Å². The number of nitrogens with one attached hydrogen (secondary N) is 1. The number of rotatable bonds is 2. The summed E-state index contributed by atoms with van der Waals surface area (Å²) in [7, 11) is -4.34. The SMILES string of the molecule is O=C1c2[nH]ncc2C2c3ccccc3C1N2S(=O)(=O)c1ccc(C(F)(F)F)nc1. The van der Waals surface area contributed by atoms with Crippen LogP contribution in [0, 0.1) is 0 Å². The lowest BCUT2D eigenvalue weighted by Crippen LogP contribution is -2.41. The molecule has 2 aliphatic heterocycles. The van der Waals surface area contributed by atoms with Crippen molar-refractivity contribution >= 4 is 15.8 Å². The first-order valence-electron chi connectivity index (χ1n) is 8.44. The predicted molar refractivity (Wildman–Crippen MR) is 92.2 cm³/mol. The number of sulfonamides is 1. The van der Waals surface area contributed by atoms with Gasteiger partial charge in [-0.25, -0.2) is 8.42 Å². The van der Waals surface area contributed by atoms with Gasteiger partial charge in [0.25, 0.3) is 0 Å². The van der Waals surface area contributed by atoms with Gasteiger partial charge in [-0.1, -0.05) is 24.3 Å². The molecule has 2 atom stereocenters. The molecule has 0 radical (unpaired) electrons. The van der Waals surface area contributed by atoms with Crippen LogP contribution in [0.5, 0.6) is 0 Å². The molecule has 0 fully saturated rings. The van der Waals surface area contributed by atoms with Crippen molar-refractivity contribution in [3.05, 3.63) is 76.9 Å². The number of carbonyl (C=O) groups is 1. The van der Waals surface area contributed by atoms with Crippen LogP contribution in [-0.2, 0) is 16.2 Å². The minimum atomic E-state index is -4.69.